The first-order valence-electron chi connectivity index (χ1n) is 6.35. The van der Waals surface area contributed by atoms with E-state index in [0.29, 0.717) is 0 Å². The predicted octanol–water partition coefficient (Wildman–Crippen LogP) is 1.84. The SMILES string of the molecule is CN1CCC(CCNCc2cc[nH]c2)CC1. The zero-order valence-corrected chi connectivity index (χ0v) is 10.2. The number of aromatic amines is 1. The van der Waals surface area contributed by atoms with Crippen molar-refractivity contribution in [2.24, 2.45) is 5.92 Å². The van der Waals surface area contributed by atoms with Crippen molar-refractivity contribution in [1.82, 2.24) is 15.2 Å². The molecule has 0 radical (unpaired) electrons. The number of nitrogens with one attached hydrogen (secondary N) is 2. The molecule has 0 aromatic carbocycles. The van der Waals surface area contributed by atoms with Crippen LogP contribution in [0, 0.1) is 5.92 Å². The first-order valence-corrected chi connectivity index (χ1v) is 6.35. The highest BCUT2D eigenvalue weighted by Crippen LogP contribution is 2.18. The maximum absolute atomic E-state index is 3.51. The molecule has 0 unspecified atom stereocenters. The Balaban J connectivity index is 1.55. The van der Waals surface area contributed by atoms with E-state index >= 15 is 0 Å². The number of likely N-dealkylation sites (tertiary alicyclic amines) is 1. The highest BCUT2D eigenvalue weighted by Gasteiger charge is 2.15. The number of rotatable bonds is 5. The van der Waals surface area contributed by atoms with Crippen LogP contribution in [0.4, 0.5) is 0 Å². The minimum atomic E-state index is 0.940. The molecule has 2 rings (SSSR count). The quantitative estimate of drug-likeness (QED) is 0.743. The molecule has 1 saturated heterocycles. The summed E-state index contributed by atoms with van der Waals surface area (Å²) in [6.45, 7) is 4.71. The van der Waals surface area contributed by atoms with Crippen molar-refractivity contribution >= 4 is 0 Å². The third-order valence-corrected chi connectivity index (χ3v) is 3.56. The summed E-state index contributed by atoms with van der Waals surface area (Å²) in [4.78, 5) is 5.51. The molecule has 1 aromatic rings. The Bertz CT molecular complexity index is 273. The molecule has 3 heteroatoms. The molecule has 2 N–H and O–H groups in total. The molecule has 1 aliphatic rings. The second-order valence-corrected chi connectivity index (χ2v) is 4.93. The smallest absolute Gasteiger partial charge is 0.0220 e. The van der Waals surface area contributed by atoms with E-state index in [1.807, 2.05) is 6.20 Å². The van der Waals surface area contributed by atoms with Crippen LogP contribution in [-0.2, 0) is 6.54 Å². The van der Waals surface area contributed by atoms with E-state index < -0.39 is 0 Å². The molecular formula is C13H23N3. The number of aromatic nitrogens is 1. The zero-order chi connectivity index (χ0) is 11.2. The molecule has 0 bridgehead atoms. The number of hydrogen-bond acceptors (Lipinski definition) is 2. The second kappa shape index (κ2) is 6.06. The molecule has 0 aliphatic carbocycles. The maximum atomic E-state index is 3.51. The average Bonchev–Trinajstić information content (AvgIpc) is 2.80. The Morgan fingerprint density at radius 1 is 1.44 bits per heavy atom. The van der Waals surface area contributed by atoms with Gasteiger partial charge in [0.1, 0.15) is 0 Å². The van der Waals surface area contributed by atoms with Gasteiger partial charge in [0.25, 0.3) is 0 Å². The van der Waals surface area contributed by atoms with Crippen molar-refractivity contribution in [3.05, 3.63) is 24.0 Å². The lowest BCUT2D eigenvalue weighted by Crippen LogP contribution is -2.31. The third kappa shape index (κ3) is 3.65. The van der Waals surface area contributed by atoms with Crippen LogP contribution in [0.15, 0.2) is 18.5 Å². The number of piperidine rings is 1. The number of H-pyrrole nitrogens is 1. The molecule has 1 fully saturated rings. The van der Waals surface area contributed by atoms with Gasteiger partial charge in [-0.15, -0.1) is 0 Å². The Labute approximate surface area is 98.2 Å². The van der Waals surface area contributed by atoms with Gasteiger partial charge in [0.2, 0.25) is 0 Å². The van der Waals surface area contributed by atoms with E-state index in [0.717, 1.165) is 19.0 Å². The van der Waals surface area contributed by atoms with Gasteiger partial charge >= 0.3 is 0 Å². The van der Waals surface area contributed by atoms with E-state index in [9.17, 15) is 0 Å². The Kier molecular flexibility index (Phi) is 4.43. The summed E-state index contributed by atoms with van der Waals surface area (Å²) >= 11 is 0. The van der Waals surface area contributed by atoms with Crippen LogP contribution in [0.2, 0.25) is 0 Å². The normalized spacial score (nSPS) is 19.1. The fourth-order valence-electron chi connectivity index (χ4n) is 2.36. The lowest BCUT2D eigenvalue weighted by Gasteiger charge is -2.28. The van der Waals surface area contributed by atoms with E-state index in [2.05, 4.69) is 34.5 Å². The van der Waals surface area contributed by atoms with Crippen LogP contribution in [0.1, 0.15) is 24.8 Å². The van der Waals surface area contributed by atoms with Gasteiger partial charge in [-0.3, -0.25) is 0 Å². The van der Waals surface area contributed by atoms with Crippen molar-refractivity contribution in [3.8, 4) is 0 Å². The summed E-state index contributed by atoms with van der Waals surface area (Å²) in [7, 11) is 2.22. The standard InChI is InChI=1S/C13H23N3/c1-16-8-4-12(5-9-16)2-6-14-10-13-3-7-15-11-13/h3,7,11-12,14-15H,2,4-6,8-10H2,1H3. The van der Waals surface area contributed by atoms with E-state index in [-0.39, 0.29) is 0 Å². The topological polar surface area (TPSA) is 31.1 Å². The van der Waals surface area contributed by atoms with Crippen LogP contribution in [0.3, 0.4) is 0 Å². The summed E-state index contributed by atoms with van der Waals surface area (Å²) in [5.74, 6) is 0.940. The Morgan fingerprint density at radius 3 is 2.94 bits per heavy atom. The van der Waals surface area contributed by atoms with Gasteiger partial charge in [-0.2, -0.15) is 0 Å². The molecule has 90 valence electrons. The summed E-state index contributed by atoms with van der Waals surface area (Å²) in [6, 6.07) is 2.13. The first kappa shape index (κ1) is 11.7. The first-order chi connectivity index (χ1) is 7.84. The van der Waals surface area contributed by atoms with E-state index in [4.69, 9.17) is 0 Å². The fourth-order valence-corrected chi connectivity index (χ4v) is 2.36. The summed E-state index contributed by atoms with van der Waals surface area (Å²) in [6.07, 6.45) is 8.12. The molecule has 1 aliphatic heterocycles. The van der Waals surface area contributed by atoms with Crippen LogP contribution in [-0.4, -0.2) is 36.6 Å². The zero-order valence-electron chi connectivity index (χ0n) is 10.2. The summed E-state index contributed by atoms with van der Waals surface area (Å²) in [5.41, 5.74) is 1.35. The largest absolute Gasteiger partial charge is 0.367 e. The number of nitrogens with zero attached hydrogens (tertiary/aromatic N) is 1. The average molecular weight is 221 g/mol. The molecule has 3 nitrogen and oxygen atoms in total. The van der Waals surface area contributed by atoms with Crippen molar-refractivity contribution in [3.63, 3.8) is 0 Å². The molecule has 16 heavy (non-hydrogen) atoms. The van der Waals surface area contributed by atoms with Crippen molar-refractivity contribution in [1.29, 1.82) is 0 Å². The Hall–Kier alpha value is -0.800. The van der Waals surface area contributed by atoms with Gasteiger partial charge in [-0.05, 0) is 63.5 Å². The lowest BCUT2D eigenvalue weighted by atomic mass is 9.94. The van der Waals surface area contributed by atoms with Gasteiger partial charge in [-0.1, -0.05) is 0 Å². The van der Waals surface area contributed by atoms with Crippen LogP contribution < -0.4 is 5.32 Å². The molecular weight excluding hydrogens is 198 g/mol. The third-order valence-electron chi connectivity index (χ3n) is 3.56. The van der Waals surface area contributed by atoms with E-state index in [1.165, 1.54) is 37.9 Å². The van der Waals surface area contributed by atoms with Crippen molar-refractivity contribution < 1.29 is 0 Å². The van der Waals surface area contributed by atoms with Crippen molar-refractivity contribution in [2.45, 2.75) is 25.8 Å². The molecule has 0 saturated carbocycles. The van der Waals surface area contributed by atoms with Crippen LogP contribution in [0.5, 0.6) is 0 Å². The van der Waals surface area contributed by atoms with Gasteiger partial charge < -0.3 is 15.2 Å². The fraction of sp³-hybridized carbons (Fsp3) is 0.692. The molecule has 0 amide bonds. The second-order valence-electron chi connectivity index (χ2n) is 4.93. The highest BCUT2D eigenvalue weighted by atomic mass is 15.1. The molecule has 0 spiro atoms. The summed E-state index contributed by atoms with van der Waals surface area (Å²) < 4.78 is 0. The van der Waals surface area contributed by atoms with E-state index in [1.54, 1.807) is 0 Å². The molecule has 0 atom stereocenters. The minimum absolute atomic E-state index is 0.940. The van der Waals surface area contributed by atoms with Crippen molar-refractivity contribution in [2.75, 3.05) is 26.7 Å². The highest BCUT2D eigenvalue weighted by molar-refractivity contribution is 5.07. The maximum Gasteiger partial charge on any atom is 0.0220 e. The Morgan fingerprint density at radius 2 is 2.25 bits per heavy atom. The molecule has 2 heterocycles. The summed E-state index contributed by atoms with van der Waals surface area (Å²) in [5, 5.41) is 3.51. The van der Waals surface area contributed by atoms with Gasteiger partial charge in [0.15, 0.2) is 0 Å². The minimum Gasteiger partial charge on any atom is -0.367 e. The van der Waals surface area contributed by atoms with Crippen LogP contribution >= 0.6 is 0 Å². The van der Waals surface area contributed by atoms with Crippen LogP contribution in [0.25, 0.3) is 0 Å². The molecule has 1 aromatic heterocycles. The predicted molar refractivity (Wildman–Crippen MR) is 67.3 cm³/mol. The lowest BCUT2D eigenvalue weighted by molar-refractivity contribution is 0.211. The van der Waals surface area contributed by atoms with Gasteiger partial charge in [-0.25, -0.2) is 0 Å². The van der Waals surface area contributed by atoms with Gasteiger partial charge in [0, 0.05) is 18.9 Å². The number of hydrogen-bond donors (Lipinski definition) is 2. The monoisotopic (exact) mass is 221 g/mol. The van der Waals surface area contributed by atoms with Gasteiger partial charge in [0.05, 0.1) is 0 Å².